The predicted molar refractivity (Wildman–Crippen MR) is 73.7 cm³/mol. The number of rotatable bonds is 5. The molecule has 1 fully saturated rings. The van der Waals surface area contributed by atoms with E-state index < -0.39 is 0 Å². The van der Waals surface area contributed by atoms with Crippen molar-refractivity contribution in [2.24, 2.45) is 11.8 Å². The van der Waals surface area contributed by atoms with Gasteiger partial charge >= 0.3 is 0 Å². The SMILES string of the molecule is CSc1nc(NN)cc(OCC2CCCCC2)n1. The summed E-state index contributed by atoms with van der Waals surface area (Å²) in [5.74, 6) is 7.24. The van der Waals surface area contributed by atoms with Gasteiger partial charge in [-0.1, -0.05) is 31.0 Å². The van der Waals surface area contributed by atoms with Crippen LogP contribution in [-0.2, 0) is 0 Å². The van der Waals surface area contributed by atoms with Gasteiger partial charge in [0.2, 0.25) is 5.88 Å². The van der Waals surface area contributed by atoms with Crippen LogP contribution in [0.25, 0.3) is 0 Å². The number of thioether (sulfide) groups is 1. The lowest BCUT2D eigenvalue weighted by Crippen LogP contribution is -2.16. The van der Waals surface area contributed by atoms with Gasteiger partial charge in [0.05, 0.1) is 6.61 Å². The molecule has 1 aromatic heterocycles. The van der Waals surface area contributed by atoms with Crippen LogP contribution in [0.5, 0.6) is 5.88 Å². The maximum atomic E-state index is 5.77. The van der Waals surface area contributed by atoms with E-state index in [0.717, 1.165) is 6.61 Å². The monoisotopic (exact) mass is 268 g/mol. The van der Waals surface area contributed by atoms with Crippen molar-refractivity contribution >= 4 is 17.6 Å². The molecule has 1 heterocycles. The number of aromatic nitrogens is 2. The standard InChI is InChI=1S/C12H20N4OS/c1-18-12-14-10(16-13)7-11(15-12)17-8-9-5-3-2-4-6-9/h7,9H,2-6,8,13H2,1H3,(H,14,15,16). The zero-order valence-corrected chi connectivity index (χ0v) is 11.5. The Bertz CT molecular complexity index is 360. The van der Waals surface area contributed by atoms with Crippen LogP contribution in [0.3, 0.4) is 0 Å². The van der Waals surface area contributed by atoms with Crippen LogP contribution in [0, 0.1) is 5.92 Å². The molecule has 0 radical (unpaired) electrons. The Balaban J connectivity index is 1.94. The van der Waals surface area contributed by atoms with Gasteiger partial charge in [0.15, 0.2) is 5.16 Å². The van der Waals surface area contributed by atoms with E-state index >= 15 is 0 Å². The first-order valence-electron chi connectivity index (χ1n) is 6.34. The molecular weight excluding hydrogens is 248 g/mol. The second kappa shape index (κ2) is 6.80. The molecule has 6 heteroatoms. The molecule has 0 unspecified atom stereocenters. The molecule has 0 bridgehead atoms. The highest BCUT2D eigenvalue weighted by atomic mass is 32.2. The van der Waals surface area contributed by atoms with Crippen molar-refractivity contribution < 1.29 is 4.74 Å². The smallest absolute Gasteiger partial charge is 0.219 e. The topological polar surface area (TPSA) is 73.1 Å². The lowest BCUT2D eigenvalue weighted by molar-refractivity contribution is 0.201. The van der Waals surface area contributed by atoms with E-state index in [4.69, 9.17) is 10.6 Å². The van der Waals surface area contributed by atoms with E-state index in [1.165, 1.54) is 43.9 Å². The third-order valence-electron chi connectivity index (χ3n) is 3.20. The molecule has 5 nitrogen and oxygen atoms in total. The molecule has 0 saturated heterocycles. The van der Waals surface area contributed by atoms with Gasteiger partial charge < -0.3 is 10.2 Å². The van der Waals surface area contributed by atoms with Gasteiger partial charge in [0, 0.05) is 6.07 Å². The Labute approximate surface area is 112 Å². The Morgan fingerprint density at radius 1 is 1.39 bits per heavy atom. The van der Waals surface area contributed by atoms with Gasteiger partial charge in [0.25, 0.3) is 0 Å². The number of anilines is 1. The Hall–Kier alpha value is -1.01. The van der Waals surface area contributed by atoms with Gasteiger partial charge in [-0.15, -0.1) is 0 Å². The number of nitrogens with zero attached hydrogens (tertiary/aromatic N) is 2. The van der Waals surface area contributed by atoms with E-state index in [0.29, 0.717) is 22.8 Å². The fourth-order valence-corrected chi connectivity index (χ4v) is 2.57. The van der Waals surface area contributed by atoms with Crippen molar-refractivity contribution in [3.8, 4) is 5.88 Å². The minimum absolute atomic E-state index is 0.591. The van der Waals surface area contributed by atoms with E-state index in [1.807, 2.05) is 6.26 Å². The van der Waals surface area contributed by atoms with Crippen molar-refractivity contribution in [3.05, 3.63) is 6.07 Å². The Kier molecular flexibility index (Phi) is 5.07. The number of hydrogen-bond donors (Lipinski definition) is 2. The molecule has 0 spiro atoms. The molecule has 0 aromatic carbocycles. The quantitative estimate of drug-likeness (QED) is 0.370. The molecule has 18 heavy (non-hydrogen) atoms. The number of hydrogen-bond acceptors (Lipinski definition) is 6. The molecule has 1 saturated carbocycles. The van der Waals surface area contributed by atoms with Crippen molar-refractivity contribution in [1.29, 1.82) is 0 Å². The first-order chi connectivity index (χ1) is 8.81. The van der Waals surface area contributed by atoms with Crippen LogP contribution in [0.4, 0.5) is 5.82 Å². The first-order valence-corrected chi connectivity index (χ1v) is 7.57. The fraction of sp³-hybridized carbons (Fsp3) is 0.667. The molecular formula is C12H20N4OS. The summed E-state index contributed by atoms with van der Waals surface area (Å²) in [6.45, 7) is 0.745. The molecule has 100 valence electrons. The summed E-state index contributed by atoms with van der Waals surface area (Å²) in [6.07, 6.45) is 8.47. The van der Waals surface area contributed by atoms with Crippen LogP contribution in [0.15, 0.2) is 11.2 Å². The highest BCUT2D eigenvalue weighted by Crippen LogP contribution is 2.25. The summed E-state index contributed by atoms with van der Waals surface area (Å²) in [5, 5.41) is 0.670. The first kappa shape index (κ1) is 13.4. The average Bonchev–Trinajstić information content (AvgIpc) is 2.45. The largest absolute Gasteiger partial charge is 0.477 e. The molecule has 1 aliphatic carbocycles. The van der Waals surface area contributed by atoms with Crippen molar-refractivity contribution in [3.63, 3.8) is 0 Å². The Morgan fingerprint density at radius 3 is 2.83 bits per heavy atom. The van der Waals surface area contributed by atoms with Crippen molar-refractivity contribution in [2.75, 3.05) is 18.3 Å². The summed E-state index contributed by atoms with van der Waals surface area (Å²) < 4.78 is 5.77. The number of nitrogens with two attached hydrogens (primary N) is 1. The number of nitrogen functional groups attached to an aromatic ring is 1. The predicted octanol–water partition coefficient (Wildman–Crippen LogP) is 2.44. The number of ether oxygens (including phenoxy) is 1. The van der Waals surface area contributed by atoms with Crippen LogP contribution in [0.2, 0.25) is 0 Å². The minimum atomic E-state index is 0.591. The number of hydrazine groups is 1. The average molecular weight is 268 g/mol. The molecule has 2 rings (SSSR count). The summed E-state index contributed by atoms with van der Waals surface area (Å²) in [6, 6.07) is 1.74. The van der Waals surface area contributed by atoms with Gasteiger partial charge in [-0.25, -0.2) is 10.8 Å². The zero-order valence-electron chi connectivity index (χ0n) is 10.7. The number of nitrogens with one attached hydrogen (secondary N) is 1. The second-order valence-electron chi connectivity index (χ2n) is 4.54. The molecule has 0 amide bonds. The maximum absolute atomic E-state index is 5.77. The van der Waals surface area contributed by atoms with Gasteiger partial charge in [0.1, 0.15) is 5.82 Å². The second-order valence-corrected chi connectivity index (χ2v) is 5.31. The summed E-state index contributed by atoms with van der Waals surface area (Å²) in [5.41, 5.74) is 2.54. The molecule has 0 aliphatic heterocycles. The normalized spacial score (nSPS) is 16.6. The van der Waals surface area contributed by atoms with E-state index in [9.17, 15) is 0 Å². The van der Waals surface area contributed by atoms with Crippen LogP contribution >= 0.6 is 11.8 Å². The fourth-order valence-electron chi connectivity index (χ4n) is 2.20. The summed E-state index contributed by atoms with van der Waals surface area (Å²) >= 11 is 1.48. The zero-order chi connectivity index (χ0) is 12.8. The van der Waals surface area contributed by atoms with Crippen molar-refractivity contribution in [2.45, 2.75) is 37.3 Å². The van der Waals surface area contributed by atoms with Crippen LogP contribution in [0.1, 0.15) is 32.1 Å². The summed E-state index contributed by atoms with van der Waals surface area (Å²) in [7, 11) is 0. The lowest BCUT2D eigenvalue weighted by Gasteiger charge is -2.21. The lowest BCUT2D eigenvalue weighted by atomic mass is 9.90. The highest BCUT2D eigenvalue weighted by Gasteiger charge is 2.14. The highest BCUT2D eigenvalue weighted by molar-refractivity contribution is 7.98. The van der Waals surface area contributed by atoms with Crippen LogP contribution < -0.4 is 16.0 Å². The van der Waals surface area contributed by atoms with Gasteiger partial charge in [-0.2, -0.15) is 4.98 Å². The molecule has 3 N–H and O–H groups in total. The van der Waals surface area contributed by atoms with Crippen molar-refractivity contribution in [1.82, 2.24) is 9.97 Å². The Morgan fingerprint density at radius 2 is 2.17 bits per heavy atom. The van der Waals surface area contributed by atoms with Gasteiger partial charge in [-0.3, -0.25) is 0 Å². The van der Waals surface area contributed by atoms with Gasteiger partial charge in [-0.05, 0) is 25.0 Å². The third-order valence-corrected chi connectivity index (χ3v) is 3.75. The molecule has 1 aliphatic rings. The van der Waals surface area contributed by atoms with E-state index in [2.05, 4.69) is 15.4 Å². The summed E-state index contributed by atoms with van der Waals surface area (Å²) in [4.78, 5) is 8.52. The molecule has 1 aromatic rings. The minimum Gasteiger partial charge on any atom is -0.477 e. The van der Waals surface area contributed by atoms with E-state index in [-0.39, 0.29) is 0 Å². The maximum Gasteiger partial charge on any atom is 0.219 e. The third kappa shape index (κ3) is 3.74. The molecule has 0 atom stereocenters. The van der Waals surface area contributed by atoms with E-state index in [1.54, 1.807) is 6.07 Å². The van der Waals surface area contributed by atoms with Crippen LogP contribution in [-0.4, -0.2) is 22.8 Å².